The van der Waals surface area contributed by atoms with Crippen molar-refractivity contribution in [3.8, 4) is 5.69 Å². The lowest BCUT2D eigenvalue weighted by Gasteiger charge is -2.28. The van der Waals surface area contributed by atoms with Crippen molar-refractivity contribution in [2.75, 3.05) is 16.3 Å². The lowest BCUT2D eigenvalue weighted by molar-refractivity contribution is -0.123. The maximum Gasteiger partial charge on any atom is 0.293 e. The fourth-order valence-electron chi connectivity index (χ4n) is 9.47. The predicted molar refractivity (Wildman–Crippen MR) is 229 cm³/mol. The molecule has 24 heteroatoms. The van der Waals surface area contributed by atoms with Crippen molar-refractivity contribution < 1.29 is 48.3 Å². The Bertz CT molecular complexity index is 3140. The number of benzene rings is 2. The molecule has 3 aliphatic rings. The molecule has 1 amide bonds. The second-order valence-electron chi connectivity index (χ2n) is 17.0. The number of carbonyl (C=O) groups excluding carboxylic acids is 1. The zero-order valence-corrected chi connectivity index (χ0v) is 37.8. The van der Waals surface area contributed by atoms with Crippen LogP contribution in [0.2, 0.25) is 5.02 Å². The molecule has 2 aromatic carbocycles. The molecule has 13 nitrogen and oxygen atoms in total. The summed E-state index contributed by atoms with van der Waals surface area (Å²) >= 11 is 10.1. The maximum atomic E-state index is 15.6. The number of halogens is 10. The highest BCUT2D eigenvalue weighted by molar-refractivity contribution is 9.09. The van der Waals surface area contributed by atoms with E-state index < -0.39 is 112 Å². The van der Waals surface area contributed by atoms with Crippen LogP contribution in [0.25, 0.3) is 27.6 Å². The number of sulfonamides is 1. The molecule has 0 aliphatic heterocycles. The van der Waals surface area contributed by atoms with Crippen molar-refractivity contribution in [2.45, 2.75) is 94.7 Å². The molecule has 66 heavy (non-hydrogen) atoms. The summed E-state index contributed by atoms with van der Waals surface area (Å²) in [6.07, 6.45) is -3.61. The van der Waals surface area contributed by atoms with E-state index in [1.54, 1.807) is 13.0 Å². The second-order valence-corrected chi connectivity index (χ2v) is 20.0. The number of aromatic nitrogens is 7. The fraction of sp³-hybridized carbons (Fsp3) is 0.429. The summed E-state index contributed by atoms with van der Waals surface area (Å²) in [7, 11) is -3.98. The smallest absolute Gasteiger partial charge is 0.293 e. The normalized spacial score (nSPS) is 19.3. The molecule has 0 radical (unpaired) electrons. The minimum absolute atomic E-state index is 0.00549. The number of hydrogen-bond donors (Lipinski definition) is 2. The molecule has 350 valence electrons. The van der Waals surface area contributed by atoms with Gasteiger partial charge in [0.2, 0.25) is 21.9 Å². The van der Waals surface area contributed by atoms with Gasteiger partial charge in [-0.3, -0.25) is 28.2 Å². The van der Waals surface area contributed by atoms with E-state index in [0.717, 1.165) is 23.0 Å². The summed E-state index contributed by atoms with van der Waals surface area (Å²) in [4.78, 5) is 39.1. The topological polar surface area (TPSA) is 159 Å². The summed E-state index contributed by atoms with van der Waals surface area (Å²) in [6, 6.07) is 5.20. The minimum atomic E-state index is -3.98. The first kappa shape index (κ1) is 46.0. The number of amides is 1. The third-order valence-corrected chi connectivity index (χ3v) is 13.6. The Balaban J connectivity index is 1.27. The Morgan fingerprint density at radius 1 is 1.00 bits per heavy atom. The molecule has 4 heterocycles. The van der Waals surface area contributed by atoms with Gasteiger partial charge in [-0.1, -0.05) is 27.5 Å². The molecule has 0 spiro atoms. The van der Waals surface area contributed by atoms with E-state index in [0.29, 0.717) is 22.0 Å². The van der Waals surface area contributed by atoms with E-state index >= 15 is 13.6 Å². The Labute approximate surface area is 383 Å². The predicted octanol–water partition coefficient (Wildman–Crippen LogP) is 8.87. The van der Waals surface area contributed by atoms with Crippen molar-refractivity contribution in [3.63, 3.8) is 0 Å². The molecular formula is C42H37BrClF8N9O4S. The van der Waals surface area contributed by atoms with Crippen molar-refractivity contribution >= 4 is 71.2 Å². The third-order valence-electron chi connectivity index (χ3n) is 12.3. The van der Waals surface area contributed by atoms with Crippen LogP contribution in [0.3, 0.4) is 0 Å². The standard InChI is InChI=1S/C42H37BrClF8N9O4S/c1-18-11-26(20-5-7-41(49,50)8-6-20)54-37-30(18)40(63)61(28-4-3-25(44)32-34(28)59(10-9-43)57-38(32)58-66(2,64)65)39(55-37)27(14-19-12-21(45)15-22(46)13-19)53-29(62)17-60-35-31(33(56-60)36(47)48)23-16-24(23)42(35,51)52/h3-4,11-13,15,20,23-24,27,36H,5-10,14,16-17H2,1-2H3,(H,53,62)(H,57,58)/t23-,24+,27-/m0/s1. The van der Waals surface area contributed by atoms with Crippen LogP contribution in [0.4, 0.5) is 40.9 Å². The highest BCUT2D eigenvalue weighted by Gasteiger charge is 2.67. The second kappa shape index (κ2) is 16.6. The molecule has 0 bridgehead atoms. The van der Waals surface area contributed by atoms with Gasteiger partial charge in [0.1, 0.15) is 35.4 Å². The van der Waals surface area contributed by atoms with Crippen molar-refractivity contribution in [1.29, 1.82) is 0 Å². The number of aryl methyl sites for hydroxylation is 2. The van der Waals surface area contributed by atoms with Gasteiger partial charge >= 0.3 is 0 Å². The number of nitrogens with one attached hydrogen (secondary N) is 2. The maximum absolute atomic E-state index is 15.6. The molecule has 2 fully saturated rings. The van der Waals surface area contributed by atoms with Gasteiger partial charge in [0.15, 0.2) is 11.5 Å². The first-order valence-electron chi connectivity index (χ1n) is 20.6. The summed E-state index contributed by atoms with van der Waals surface area (Å²) < 4.78 is 148. The molecule has 2 saturated carbocycles. The molecule has 0 unspecified atom stereocenters. The summed E-state index contributed by atoms with van der Waals surface area (Å²) in [6.45, 7) is 0.617. The average Bonchev–Trinajstić information content (AvgIpc) is 3.74. The van der Waals surface area contributed by atoms with Crippen LogP contribution in [0.1, 0.15) is 96.0 Å². The number of rotatable bonds is 13. The molecular weight excluding hydrogens is 994 g/mol. The monoisotopic (exact) mass is 1030 g/mol. The first-order valence-corrected chi connectivity index (χ1v) is 24.0. The molecule has 4 aromatic heterocycles. The van der Waals surface area contributed by atoms with Gasteiger partial charge in [-0.25, -0.2) is 44.7 Å². The number of carbonyl (C=O) groups is 1. The van der Waals surface area contributed by atoms with Crippen LogP contribution in [0.15, 0.2) is 41.2 Å². The highest BCUT2D eigenvalue weighted by Crippen LogP contribution is 2.68. The number of hydrogen-bond acceptors (Lipinski definition) is 8. The van der Waals surface area contributed by atoms with Crippen molar-refractivity contribution in [2.24, 2.45) is 5.92 Å². The van der Waals surface area contributed by atoms with Crippen molar-refractivity contribution in [1.82, 2.24) is 39.4 Å². The third kappa shape index (κ3) is 8.32. The molecule has 3 atom stereocenters. The molecule has 0 saturated heterocycles. The van der Waals surface area contributed by atoms with Crippen LogP contribution in [-0.2, 0) is 40.3 Å². The van der Waals surface area contributed by atoms with Crippen LogP contribution in [-0.4, -0.2) is 65.9 Å². The fourth-order valence-corrected chi connectivity index (χ4v) is 10.5. The van der Waals surface area contributed by atoms with Crippen LogP contribution >= 0.6 is 27.5 Å². The summed E-state index contributed by atoms with van der Waals surface area (Å²) in [5, 5.41) is 11.0. The first-order chi connectivity index (χ1) is 31.0. The Morgan fingerprint density at radius 2 is 1.70 bits per heavy atom. The van der Waals surface area contributed by atoms with Crippen LogP contribution in [0, 0.1) is 24.5 Å². The number of anilines is 1. The number of pyridine rings is 1. The van der Waals surface area contributed by atoms with E-state index in [1.807, 2.05) is 0 Å². The van der Waals surface area contributed by atoms with Crippen molar-refractivity contribution in [3.05, 3.63) is 103 Å². The summed E-state index contributed by atoms with van der Waals surface area (Å²) in [5.41, 5.74) is -2.42. The highest BCUT2D eigenvalue weighted by atomic mass is 79.9. The Kier molecular flexibility index (Phi) is 11.5. The van der Waals surface area contributed by atoms with E-state index in [9.17, 15) is 39.6 Å². The number of nitrogens with zero attached hydrogens (tertiary/aromatic N) is 7. The van der Waals surface area contributed by atoms with E-state index in [4.69, 9.17) is 16.6 Å². The number of alkyl halides is 7. The lowest BCUT2D eigenvalue weighted by Crippen LogP contribution is -2.38. The molecule has 3 aliphatic carbocycles. The van der Waals surface area contributed by atoms with Gasteiger partial charge in [-0.2, -0.15) is 19.0 Å². The van der Waals surface area contributed by atoms with Crippen LogP contribution < -0.4 is 15.6 Å². The van der Waals surface area contributed by atoms with E-state index in [-0.39, 0.29) is 86.6 Å². The largest absolute Gasteiger partial charge is 0.344 e. The summed E-state index contributed by atoms with van der Waals surface area (Å²) in [5.74, 6) is -12.7. The Morgan fingerprint density at radius 3 is 2.35 bits per heavy atom. The van der Waals surface area contributed by atoms with Gasteiger partial charge < -0.3 is 5.32 Å². The number of fused-ring (bicyclic) bond motifs is 5. The van der Waals surface area contributed by atoms with Gasteiger partial charge in [0, 0.05) is 53.8 Å². The lowest BCUT2D eigenvalue weighted by atomic mass is 9.84. The van der Waals surface area contributed by atoms with Gasteiger partial charge in [-0.15, -0.1) is 0 Å². The van der Waals surface area contributed by atoms with Gasteiger partial charge in [0.25, 0.3) is 17.9 Å². The quantitative estimate of drug-likeness (QED) is 0.0858. The zero-order chi connectivity index (χ0) is 47.4. The SMILES string of the molecule is Cc1cc(C2CCC(F)(F)CC2)nc2nc([C@H](Cc3cc(F)cc(F)c3)NC(=O)Cn3nc(C(F)F)c4c3C(F)(F)[C@@H]3C[C@H]43)n(-c3ccc(Cl)c4c(NS(C)(=O)=O)nn(CCBr)c34)c(=O)c12. The van der Waals surface area contributed by atoms with Gasteiger partial charge in [-0.05, 0) is 73.6 Å². The van der Waals surface area contributed by atoms with E-state index in [2.05, 4.69) is 41.2 Å². The minimum Gasteiger partial charge on any atom is -0.344 e. The molecule has 9 rings (SSSR count). The van der Waals surface area contributed by atoms with Gasteiger partial charge in [0.05, 0.1) is 45.8 Å². The van der Waals surface area contributed by atoms with Crippen LogP contribution in [0.5, 0.6) is 0 Å². The molecule has 6 aromatic rings. The molecule has 2 N–H and O–H groups in total. The zero-order valence-electron chi connectivity index (χ0n) is 34.7. The average molecular weight is 1030 g/mol. The Hall–Kier alpha value is -5.16. The van der Waals surface area contributed by atoms with E-state index in [1.165, 1.54) is 16.8 Å².